The molecule has 7 N–H and O–H groups in total. The molecule has 0 spiro atoms. The summed E-state index contributed by atoms with van der Waals surface area (Å²) in [7, 11) is 1.57. The van der Waals surface area contributed by atoms with Gasteiger partial charge in [0.05, 0.1) is 25.3 Å². The maximum atomic E-state index is 13.5. The molecule has 1 aliphatic heterocycles. The van der Waals surface area contributed by atoms with E-state index in [-0.39, 0.29) is 41.5 Å². The molecule has 3 aromatic rings. The van der Waals surface area contributed by atoms with Crippen LogP contribution in [0.5, 0.6) is 5.75 Å². The summed E-state index contributed by atoms with van der Waals surface area (Å²) in [5.41, 5.74) is 8.22. The molecule has 236 valence electrons. The molecule has 4 atom stereocenters. The van der Waals surface area contributed by atoms with Gasteiger partial charge < -0.3 is 31.4 Å². The molecule has 1 unspecified atom stereocenters. The summed E-state index contributed by atoms with van der Waals surface area (Å²) in [4.78, 5) is 42.8. The predicted molar refractivity (Wildman–Crippen MR) is 166 cm³/mol. The van der Waals surface area contributed by atoms with Crippen molar-refractivity contribution in [3.63, 3.8) is 0 Å². The van der Waals surface area contributed by atoms with Crippen LogP contribution in [0.3, 0.4) is 0 Å². The van der Waals surface area contributed by atoms with E-state index in [0.717, 1.165) is 22.3 Å². The number of nitrogens with zero attached hydrogens (tertiary/aromatic N) is 2. The van der Waals surface area contributed by atoms with Crippen LogP contribution in [0.2, 0.25) is 0 Å². The Bertz CT molecular complexity index is 1520. The fourth-order valence-electron chi connectivity index (χ4n) is 6.01. The van der Waals surface area contributed by atoms with Crippen LogP contribution >= 0.6 is 0 Å². The highest BCUT2D eigenvalue weighted by Crippen LogP contribution is 2.33. The first kappa shape index (κ1) is 32.5. The zero-order valence-electron chi connectivity index (χ0n) is 26.1. The zero-order valence-corrected chi connectivity index (χ0v) is 26.1. The number of aromatic amines is 2. The Morgan fingerprint density at radius 2 is 2.02 bits per heavy atom. The van der Waals surface area contributed by atoms with E-state index in [1.807, 2.05) is 38.1 Å². The standard InChI is InChI=1S/C32H44N8O4/c1-18(2)11-25(38-31(43)26-15-23-24(37-26)7-6-8-27(23)44-5)30(42)35-20(9-10-33)12-19-13-21(36-29(19)41)16-32(3,4)28-14-22(17-34)39-40-28/h6-8,14-15,18-21,25,37H,9,11-13,16-17,34H2,1-5H3,(H,35,42)(H,36,41)(H,38,43)(H,39,40)/t19-,20-,21?,25+/m1/s1. The molecule has 3 amide bonds. The average Bonchev–Trinajstić information content (AvgIpc) is 3.71. The number of nitriles is 1. The van der Waals surface area contributed by atoms with Crippen LogP contribution in [0.25, 0.3) is 10.9 Å². The van der Waals surface area contributed by atoms with Crippen molar-refractivity contribution >= 4 is 28.6 Å². The quantitative estimate of drug-likeness (QED) is 0.163. The summed E-state index contributed by atoms with van der Waals surface area (Å²) in [5.74, 6) is -0.495. The van der Waals surface area contributed by atoms with Crippen molar-refractivity contribution in [3.8, 4) is 11.8 Å². The highest BCUT2D eigenvalue weighted by Gasteiger charge is 2.38. The SMILES string of the molecule is COc1cccc2[nH]c(C(=O)N[C@@H](CC(C)C)C(=O)N[C@H](CC#N)C[C@@H]3CC(CC(C)(C)c4cc(CN)[nH]n4)NC3=O)cc12. The van der Waals surface area contributed by atoms with E-state index >= 15 is 0 Å². The molecular formula is C32H44N8O4. The monoisotopic (exact) mass is 604 g/mol. The third-order valence-electron chi connectivity index (χ3n) is 8.26. The zero-order chi connectivity index (χ0) is 32.0. The van der Waals surface area contributed by atoms with Gasteiger partial charge in [0.1, 0.15) is 17.5 Å². The van der Waals surface area contributed by atoms with E-state index in [1.54, 1.807) is 13.2 Å². The molecule has 1 fully saturated rings. The first-order valence-corrected chi connectivity index (χ1v) is 15.1. The van der Waals surface area contributed by atoms with E-state index in [0.29, 0.717) is 43.7 Å². The minimum Gasteiger partial charge on any atom is -0.496 e. The number of ether oxygens (including phenoxy) is 1. The third-order valence-corrected chi connectivity index (χ3v) is 8.26. The van der Waals surface area contributed by atoms with Gasteiger partial charge in [0.25, 0.3) is 5.91 Å². The van der Waals surface area contributed by atoms with E-state index in [2.05, 4.69) is 51.0 Å². The number of carbonyl (C=O) groups excluding carboxylic acids is 3. The van der Waals surface area contributed by atoms with Crippen molar-refractivity contribution in [2.75, 3.05) is 7.11 Å². The summed E-state index contributed by atoms with van der Waals surface area (Å²) >= 11 is 0. The molecule has 44 heavy (non-hydrogen) atoms. The normalized spacial score (nSPS) is 18.1. The lowest BCUT2D eigenvalue weighted by atomic mass is 9.81. The number of nitrogens with one attached hydrogen (secondary N) is 5. The lowest BCUT2D eigenvalue weighted by molar-refractivity contribution is -0.126. The first-order valence-electron chi connectivity index (χ1n) is 15.1. The lowest BCUT2D eigenvalue weighted by Crippen LogP contribution is -2.50. The number of methoxy groups -OCH3 is 1. The van der Waals surface area contributed by atoms with Gasteiger partial charge in [-0.25, -0.2) is 0 Å². The Labute approximate surface area is 257 Å². The first-order chi connectivity index (χ1) is 20.9. The maximum absolute atomic E-state index is 13.5. The van der Waals surface area contributed by atoms with Crippen LogP contribution in [0.1, 0.15) is 81.7 Å². The average molecular weight is 605 g/mol. The number of rotatable bonds is 14. The van der Waals surface area contributed by atoms with Gasteiger partial charge in [-0.2, -0.15) is 10.4 Å². The van der Waals surface area contributed by atoms with Crippen molar-refractivity contribution in [2.45, 2.75) is 89.9 Å². The van der Waals surface area contributed by atoms with Crippen LogP contribution in [0, 0.1) is 23.2 Å². The molecule has 1 aliphatic rings. The molecule has 12 heteroatoms. The molecule has 0 aliphatic carbocycles. The molecule has 3 heterocycles. The second-order valence-corrected chi connectivity index (χ2v) is 12.8. The topological polar surface area (TPSA) is 191 Å². The molecule has 4 rings (SSSR count). The van der Waals surface area contributed by atoms with Gasteiger partial charge in [-0.3, -0.25) is 19.5 Å². The van der Waals surface area contributed by atoms with Crippen molar-refractivity contribution in [2.24, 2.45) is 17.6 Å². The van der Waals surface area contributed by atoms with Gasteiger partial charge in [0, 0.05) is 46.6 Å². The summed E-state index contributed by atoms with van der Waals surface area (Å²) < 4.78 is 5.40. The molecule has 1 saturated heterocycles. The number of amides is 3. The fraction of sp³-hybridized carbons (Fsp3) is 0.531. The lowest BCUT2D eigenvalue weighted by Gasteiger charge is -2.26. The number of hydrogen-bond donors (Lipinski definition) is 6. The Kier molecular flexibility index (Phi) is 10.3. The van der Waals surface area contributed by atoms with Gasteiger partial charge >= 0.3 is 0 Å². The van der Waals surface area contributed by atoms with Gasteiger partial charge in [-0.05, 0) is 55.9 Å². The summed E-state index contributed by atoms with van der Waals surface area (Å²) in [6, 6.07) is 9.84. The maximum Gasteiger partial charge on any atom is 0.268 e. The predicted octanol–water partition coefficient (Wildman–Crippen LogP) is 3.16. The van der Waals surface area contributed by atoms with Crippen LogP contribution in [0.15, 0.2) is 30.3 Å². The molecule has 12 nitrogen and oxygen atoms in total. The third kappa shape index (κ3) is 7.77. The molecular weight excluding hydrogens is 560 g/mol. The largest absolute Gasteiger partial charge is 0.496 e. The van der Waals surface area contributed by atoms with Crippen LogP contribution in [-0.2, 0) is 21.5 Å². The minimum absolute atomic E-state index is 0.0466. The highest BCUT2D eigenvalue weighted by molar-refractivity contribution is 6.01. The number of H-pyrrole nitrogens is 2. The second kappa shape index (κ2) is 13.9. The number of benzene rings is 1. The molecule has 2 aromatic heterocycles. The number of fused-ring (bicyclic) bond motifs is 1. The summed E-state index contributed by atoms with van der Waals surface area (Å²) in [5, 5.41) is 26.6. The van der Waals surface area contributed by atoms with Crippen LogP contribution in [-0.4, -0.2) is 58.1 Å². The van der Waals surface area contributed by atoms with E-state index in [1.165, 1.54) is 0 Å². The molecule has 0 bridgehead atoms. The van der Waals surface area contributed by atoms with Gasteiger partial charge in [0.15, 0.2) is 0 Å². The van der Waals surface area contributed by atoms with Crippen molar-refractivity contribution in [3.05, 3.63) is 47.4 Å². The van der Waals surface area contributed by atoms with Gasteiger partial charge in [-0.15, -0.1) is 0 Å². The van der Waals surface area contributed by atoms with Crippen molar-refractivity contribution < 1.29 is 19.1 Å². The fourth-order valence-corrected chi connectivity index (χ4v) is 6.01. The Balaban J connectivity index is 1.40. The van der Waals surface area contributed by atoms with Crippen molar-refractivity contribution in [1.29, 1.82) is 5.26 Å². The van der Waals surface area contributed by atoms with Gasteiger partial charge in [-0.1, -0.05) is 33.8 Å². The summed E-state index contributed by atoms with van der Waals surface area (Å²) in [6.07, 6.45) is 2.04. The smallest absolute Gasteiger partial charge is 0.268 e. The summed E-state index contributed by atoms with van der Waals surface area (Å²) in [6.45, 7) is 8.47. The Morgan fingerprint density at radius 3 is 2.68 bits per heavy atom. The van der Waals surface area contributed by atoms with Crippen molar-refractivity contribution in [1.82, 2.24) is 31.1 Å². The number of hydrogen-bond acceptors (Lipinski definition) is 7. The van der Waals surface area contributed by atoms with E-state index in [9.17, 15) is 19.6 Å². The van der Waals surface area contributed by atoms with Crippen LogP contribution < -0.4 is 26.4 Å². The molecule has 0 saturated carbocycles. The second-order valence-electron chi connectivity index (χ2n) is 12.8. The number of carbonyl (C=O) groups is 3. The molecule has 0 radical (unpaired) electrons. The molecule has 1 aromatic carbocycles. The van der Waals surface area contributed by atoms with E-state index in [4.69, 9.17) is 10.5 Å². The number of nitrogens with two attached hydrogens (primary N) is 1. The Hall–Kier alpha value is -4.37. The van der Waals surface area contributed by atoms with Gasteiger partial charge in [0.2, 0.25) is 11.8 Å². The number of aromatic nitrogens is 3. The highest BCUT2D eigenvalue weighted by atomic mass is 16.5. The van der Waals surface area contributed by atoms with E-state index < -0.39 is 18.0 Å². The minimum atomic E-state index is -0.824. The van der Waals surface area contributed by atoms with Crippen LogP contribution in [0.4, 0.5) is 0 Å². The Morgan fingerprint density at radius 1 is 1.25 bits per heavy atom.